The maximum atomic E-state index is 12.2. The zero-order valence-corrected chi connectivity index (χ0v) is 15.4. The summed E-state index contributed by atoms with van der Waals surface area (Å²) < 4.78 is 5.28. The van der Waals surface area contributed by atoms with Crippen molar-refractivity contribution in [3.63, 3.8) is 0 Å². The zero-order valence-electron chi connectivity index (χ0n) is 15.4. The van der Waals surface area contributed by atoms with Crippen LogP contribution >= 0.6 is 0 Å². The van der Waals surface area contributed by atoms with E-state index < -0.39 is 24.3 Å². The van der Waals surface area contributed by atoms with Crippen LogP contribution in [0.4, 0.5) is 4.79 Å². The fourth-order valence-corrected chi connectivity index (χ4v) is 2.98. The average Bonchev–Trinajstić information content (AvgIpc) is 2.61. The lowest BCUT2D eigenvalue weighted by Gasteiger charge is -2.36. The van der Waals surface area contributed by atoms with Gasteiger partial charge in [0.1, 0.15) is 6.61 Å². The molecule has 2 amide bonds. The molecule has 1 fully saturated rings. The van der Waals surface area contributed by atoms with Crippen molar-refractivity contribution >= 4 is 12.0 Å². The molecular formula is C19H29N3O4. The zero-order chi connectivity index (χ0) is 19.1. The van der Waals surface area contributed by atoms with E-state index in [0.29, 0.717) is 25.3 Å². The number of β-amino-alcohol motifs (C(OH)–C–C–N with tert-alkyl or cyclic N) is 1. The number of piperidine rings is 1. The Hall–Kier alpha value is -2.12. The van der Waals surface area contributed by atoms with Crippen LogP contribution in [0, 0.1) is 5.92 Å². The van der Waals surface area contributed by atoms with Gasteiger partial charge in [0.05, 0.1) is 24.7 Å². The molecule has 4 N–H and O–H groups in total. The highest BCUT2D eigenvalue weighted by Gasteiger charge is 2.32. The van der Waals surface area contributed by atoms with E-state index in [4.69, 9.17) is 10.5 Å². The summed E-state index contributed by atoms with van der Waals surface area (Å²) in [4.78, 5) is 25.7. The highest BCUT2D eigenvalue weighted by molar-refractivity contribution is 5.81. The van der Waals surface area contributed by atoms with Crippen molar-refractivity contribution in [2.24, 2.45) is 11.7 Å². The van der Waals surface area contributed by atoms with Gasteiger partial charge in [0, 0.05) is 6.54 Å². The summed E-state index contributed by atoms with van der Waals surface area (Å²) in [6, 6.07) is 8.42. The van der Waals surface area contributed by atoms with Crippen molar-refractivity contribution in [1.82, 2.24) is 10.2 Å². The van der Waals surface area contributed by atoms with Gasteiger partial charge in [-0.05, 0) is 24.3 Å². The van der Waals surface area contributed by atoms with Gasteiger partial charge >= 0.3 is 6.09 Å². The summed E-state index contributed by atoms with van der Waals surface area (Å²) in [5, 5.41) is 13.1. The van der Waals surface area contributed by atoms with Crippen LogP contribution in [0.25, 0.3) is 0 Å². The molecule has 0 radical (unpaired) electrons. The number of nitrogens with two attached hydrogens (primary N) is 1. The number of hydrogen-bond donors (Lipinski definition) is 3. The van der Waals surface area contributed by atoms with E-state index in [1.165, 1.54) is 4.90 Å². The van der Waals surface area contributed by atoms with Gasteiger partial charge in [0.15, 0.2) is 0 Å². The lowest BCUT2D eigenvalue weighted by atomic mass is 10.00. The summed E-state index contributed by atoms with van der Waals surface area (Å²) in [6.07, 6.45) is -0.258. The van der Waals surface area contributed by atoms with Gasteiger partial charge in [-0.3, -0.25) is 4.79 Å². The summed E-state index contributed by atoms with van der Waals surface area (Å²) >= 11 is 0. The molecule has 7 nitrogen and oxygen atoms in total. The van der Waals surface area contributed by atoms with Crippen LogP contribution in [0.1, 0.15) is 32.3 Å². The summed E-state index contributed by atoms with van der Waals surface area (Å²) in [7, 11) is 0. The Morgan fingerprint density at radius 2 is 2.04 bits per heavy atom. The van der Waals surface area contributed by atoms with Gasteiger partial charge in [0.25, 0.3) is 0 Å². The number of rotatable bonds is 6. The third-order valence-corrected chi connectivity index (χ3v) is 4.44. The SMILES string of the molecule is CC(C)C[C@H](N)C(=O)NC1CCN(C(=O)OCc2ccccc2)CC1O. The lowest BCUT2D eigenvalue weighted by Crippen LogP contribution is -2.57. The Morgan fingerprint density at radius 1 is 1.35 bits per heavy atom. The van der Waals surface area contributed by atoms with Crippen LogP contribution in [-0.4, -0.2) is 53.3 Å². The number of aliphatic hydroxyl groups excluding tert-OH is 1. The number of nitrogens with zero attached hydrogens (tertiary/aromatic N) is 1. The average molecular weight is 363 g/mol. The fourth-order valence-electron chi connectivity index (χ4n) is 2.98. The van der Waals surface area contributed by atoms with E-state index in [1.54, 1.807) is 0 Å². The molecule has 1 heterocycles. The van der Waals surface area contributed by atoms with E-state index in [1.807, 2.05) is 44.2 Å². The molecule has 1 aliphatic rings. The molecule has 0 aliphatic carbocycles. The number of hydrogen-bond acceptors (Lipinski definition) is 5. The molecule has 26 heavy (non-hydrogen) atoms. The van der Waals surface area contributed by atoms with Crippen molar-refractivity contribution in [2.75, 3.05) is 13.1 Å². The molecule has 144 valence electrons. The predicted octanol–water partition coefficient (Wildman–Crippen LogP) is 1.25. The van der Waals surface area contributed by atoms with E-state index in [2.05, 4.69) is 5.32 Å². The molecule has 1 aromatic rings. The Kier molecular flexibility index (Phi) is 7.41. The topological polar surface area (TPSA) is 105 Å². The van der Waals surface area contributed by atoms with Crippen molar-refractivity contribution in [2.45, 2.75) is 51.5 Å². The lowest BCUT2D eigenvalue weighted by molar-refractivity contribution is -0.124. The Balaban J connectivity index is 1.78. The highest BCUT2D eigenvalue weighted by Crippen LogP contribution is 2.14. The smallest absolute Gasteiger partial charge is 0.410 e. The monoisotopic (exact) mass is 363 g/mol. The standard InChI is InChI=1S/C19H29N3O4/c1-13(2)10-15(20)18(24)21-16-8-9-22(11-17(16)23)19(25)26-12-14-6-4-3-5-7-14/h3-7,13,15-17,23H,8-12,20H2,1-2H3,(H,21,24)/t15-,16?,17?/m0/s1. The number of carbonyl (C=O) groups is 2. The molecule has 3 atom stereocenters. The molecule has 1 aromatic carbocycles. The molecule has 7 heteroatoms. The Morgan fingerprint density at radius 3 is 2.65 bits per heavy atom. The van der Waals surface area contributed by atoms with Crippen LogP contribution in [-0.2, 0) is 16.1 Å². The van der Waals surface area contributed by atoms with E-state index in [9.17, 15) is 14.7 Å². The van der Waals surface area contributed by atoms with Gasteiger partial charge in [-0.15, -0.1) is 0 Å². The number of benzene rings is 1. The van der Waals surface area contributed by atoms with Crippen molar-refractivity contribution in [3.8, 4) is 0 Å². The van der Waals surface area contributed by atoms with Gasteiger partial charge < -0.3 is 25.8 Å². The number of carbonyl (C=O) groups excluding carboxylic acids is 2. The van der Waals surface area contributed by atoms with Crippen LogP contribution in [0.3, 0.4) is 0 Å². The summed E-state index contributed by atoms with van der Waals surface area (Å²) in [5.41, 5.74) is 6.78. The normalized spacial score (nSPS) is 21.3. The Bertz CT molecular complexity index is 594. The fraction of sp³-hybridized carbons (Fsp3) is 0.579. The van der Waals surface area contributed by atoms with Gasteiger partial charge in [-0.1, -0.05) is 44.2 Å². The van der Waals surface area contributed by atoms with Crippen LogP contribution < -0.4 is 11.1 Å². The second kappa shape index (κ2) is 9.54. The molecule has 0 saturated carbocycles. The number of aliphatic hydroxyl groups is 1. The van der Waals surface area contributed by atoms with Crippen LogP contribution in [0.2, 0.25) is 0 Å². The van der Waals surface area contributed by atoms with Gasteiger partial charge in [-0.2, -0.15) is 0 Å². The minimum atomic E-state index is -0.844. The van der Waals surface area contributed by atoms with Crippen LogP contribution in [0.5, 0.6) is 0 Å². The van der Waals surface area contributed by atoms with Crippen molar-refractivity contribution in [3.05, 3.63) is 35.9 Å². The minimum absolute atomic E-state index is 0.123. The minimum Gasteiger partial charge on any atom is -0.445 e. The largest absolute Gasteiger partial charge is 0.445 e. The number of ether oxygens (including phenoxy) is 1. The van der Waals surface area contributed by atoms with E-state index >= 15 is 0 Å². The third-order valence-electron chi connectivity index (χ3n) is 4.44. The second-order valence-electron chi connectivity index (χ2n) is 7.19. The first-order valence-corrected chi connectivity index (χ1v) is 9.06. The number of nitrogens with one attached hydrogen (secondary N) is 1. The summed E-state index contributed by atoms with van der Waals surface area (Å²) in [6.45, 7) is 4.73. The molecule has 1 aliphatic heterocycles. The molecule has 2 rings (SSSR count). The van der Waals surface area contributed by atoms with Crippen molar-refractivity contribution in [1.29, 1.82) is 0 Å². The van der Waals surface area contributed by atoms with Gasteiger partial charge in [0.2, 0.25) is 5.91 Å². The highest BCUT2D eigenvalue weighted by atomic mass is 16.6. The Labute approximate surface area is 154 Å². The van der Waals surface area contributed by atoms with Crippen molar-refractivity contribution < 1.29 is 19.4 Å². The first-order chi connectivity index (χ1) is 12.4. The molecule has 1 saturated heterocycles. The van der Waals surface area contributed by atoms with E-state index in [-0.39, 0.29) is 19.1 Å². The molecular weight excluding hydrogens is 334 g/mol. The molecule has 0 bridgehead atoms. The van der Waals surface area contributed by atoms with Crippen LogP contribution in [0.15, 0.2) is 30.3 Å². The maximum absolute atomic E-state index is 12.2. The second-order valence-corrected chi connectivity index (χ2v) is 7.19. The van der Waals surface area contributed by atoms with Gasteiger partial charge in [-0.25, -0.2) is 4.79 Å². The predicted molar refractivity (Wildman–Crippen MR) is 98.2 cm³/mol. The summed E-state index contributed by atoms with van der Waals surface area (Å²) in [5.74, 6) is 0.0600. The number of likely N-dealkylation sites (tertiary alicyclic amines) is 1. The third kappa shape index (κ3) is 6.00. The molecule has 0 aromatic heterocycles. The first-order valence-electron chi connectivity index (χ1n) is 9.06. The maximum Gasteiger partial charge on any atom is 0.410 e. The number of amides is 2. The quantitative estimate of drug-likeness (QED) is 0.705. The van der Waals surface area contributed by atoms with E-state index in [0.717, 1.165) is 5.56 Å². The molecule has 0 spiro atoms. The molecule has 2 unspecified atom stereocenters. The first kappa shape index (κ1) is 20.2.